The minimum atomic E-state index is 0.00834. The Bertz CT molecular complexity index is 642. The van der Waals surface area contributed by atoms with Crippen LogP contribution in [0.1, 0.15) is 32.6 Å². The molecule has 0 aliphatic heterocycles. The van der Waals surface area contributed by atoms with Gasteiger partial charge in [0.15, 0.2) is 12.4 Å². The lowest BCUT2D eigenvalue weighted by Crippen LogP contribution is -2.12. The molecule has 0 N–H and O–H groups in total. The number of carbonyl (C=O) groups is 1. The number of ether oxygens (including phenoxy) is 1. The fourth-order valence-electron chi connectivity index (χ4n) is 2.00. The molecule has 0 atom stereocenters. The van der Waals surface area contributed by atoms with Crippen LogP contribution in [0.15, 0.2) is 36.4 Å². The van der Waals surface area contributed by atoms with Gasteiger partial charge in [-0.2, -0.15) is 0 Å². The zero-order valence-corrected chi connectivity index (χ0v) is 12.5. The molecule has 0 bridgehead atoms. The van der Waals surface area contributed by atoms with Crippen LogP contribution in [0.4, 0.5) is 0 Å². The first-order valence-corrected chi connectivity index (χ1v) is 6.78. The Labute approximate surface area is 120 Å². The van der Waals surface area contributed by atoms with Crippen molar-refractivity contribution in [1.82, 2.24) is 0 Å². The van der Waals surface area contributed by atoms with E-state index in [1.165, 1.54) is 5.56 Å². The molecule has 0 saturated heterocycles. The standard InChI is InChI=1S/C18H20O2/c1-12-5-6-14(3)18(9-12)20-11-17(19)16-8-7-13(2)15(4)10-16/h5-10H,11H2,1-4H3. The van der Waals surface area contributed by atoms with Crippen LogP contribution in [0.3, 0.4) is 0 Å². The van der Waals surface area contributed by atoms with Crippen LogP contribution in [0, 0.1) is 27.7 Å². The van der Waals surface area contributed by atoms with E-state index in [1.807, 2.05) is 64.1 Å². The molecule has 0 heterocycles. The first-order chi connectivity index (χ1) is 9.47. The van der Waals surface area contributed by atoms with Crippen molar-refractivity contribution < 1.29 is 9.53 Å². The van der Waals surface area contributed by atoms with Crippen LogP contribution in [-0.2, 0) is 0 Å². The molecule has 0 aromatic heterocycles. The molecule has 2 rings (SSSR count). The SMILES string of the molecule is Cc1ccc(C)c(OCC(=O)c2ccc(C)c(C)c2)c1. The number of hydrogen-bond donors (Lipinski definition) is 0. The summed E-state index contributed by atoms with van der Waals surface area (Å²) < 4.78 is 5.65. The summed E-state index contributed by atoms with van der Waals surface area (Å²) in [6.07, 6.45) is 0. The van der Waals surface area contributed by atoms with Gasteiger partial charge in [0.25, 0.3) is 0 Å². The quantitative estimate of drug-likeness (QED) is 0.777. The third kappa shape index (κ3) is 3.27. The minimum Gasteiger partial charge on any atom is -0.485 e. The Balaban J connectivity index is 2.08. The van der Waals surface area contributed by atoms with E-state index in [0.29, 0.717) is 5.56 Å². The summed E-state index contributed by atoms with van der Waals surface area (Å²) in [5.41, 5.74) is 5.20. The molecule has 2 aromatic carbocycles. The van der Waals surface area contributed by atoms with Gasteiger partial charge in [0.2, 0.25) is 0 Å². The van der Waals surface area contributed by atoms with Gasteiger partial charge in [0, 0.05) is 5.56 Å². The van der Waals surface area contributed by atoms with Gasteiger partial charge in [0.1, 0.15) is 5.75 Å². The third-order valence-electron chi connectivity index (χ3n) is 3.53. The number of benzene rings is 2. The smallest absolute Gasteiger partial charge is 0.200 e. The molecular formula is C18H20O2. The second-order valence-corrected chi connectivity index (χ2v) is 5.28. The van der Waals surface area contributed by atoms with Gasteiger partial charge in [0.05, 0.1) is 0 Å². The molecular weight excluding hydrogens is 248 g/mol. The number of rotatable bonds is 4. The molecule has 104 valence electrons. The molecule has 0 amide bonds. The first-order valence-electron chi connectivity index (χ1n) is 6.78. The molecule has 0 aliphatic carbocycles. The number of hydrogen-bond acceptors (Lipinski definition) is 2. The van der Waals surface area contributed by atoms with Crippen molar-refractivity contribution in [3.63, 3.8) is 0 Å². The lowest BCUT2D eigenvalue weighted by Gasteiger charge is -2.10. The predicted octanol–water partition coefficient (Wildman–Crippen LogP) is 4.18. The fourth-order valence-corrected chi connectivity index (χ4v) is 2.00. The summed E-state index contributed by atoms with van der Waals surface area (Å²) >= 11 is 0. The van der Waals surface area contributed by atoms with E-state index >= 15 is 0 Å². The zero-order chi connectivity index (χ0) is 14.7. The third-order valence-corrected chi connectivity index (χ3v) is 3.53. The maximum absolute atomic E-state index is 12.2. The summed E-state index contributed by atoms with van der Waals surface area (Å²) in [7, 11) is 0. The van der Waals surface area contributed by atoms with Crippen molar-refractivity contribution in [2.45, 2.75) is 27.7 Å². The summed E-state index contributed by atoms with van der Waals surface area (Å²) in [5, 5.41) is 0. The maximum atomic E-state index is 12.2. The summed E-state index contributed by atoms with van der Waals surface area (Å²) in [4.78, 5) is 12.2. The van der Waals surface area contributed by atoms with Gasteiger partial charge in [-0.05, 0) is 62.1 Å². The van der Waals surface area contributed by atoms with Gasteiger partial charge < -0.3 is 4.74 Å². The van der Waals surface area contributed by atoms with Crippen LogP contribution in [-0.4, -0.2) is 12.4 Å². The molecule has 0 aliphatic rings. The molecule has 2 heteroatoms. The van der Waals surface area contributed by atoms with Crippen LogP contribution in [0.5, 0.6) is 5.75 Å². The number of Topliss-reactive ketones (excluding diaryl/α,β-unsaturated/α-hetero) is 1. The maximum Gasteiger partial charge on any atom is 0.200 e. The highest BCUT2D eigenvalue weighted by molar-refractivity contribution is 5.97. The Morgan fingerprint density at radius 2 is 1.60 bits per heavy atom. The van der Waals surface area contributed by atoms with E-state index in [-0.39, 0.29) is 12.4 Å². The fraction of sp³-hybridized carbons (Fsp3) is 0.278. The van der Waals surface area contributed by atoms with Gasteiger partial charge in [-0.3, -0.25) is 4.79 Å². The van der Waals surface area contributed by atoms with Crippen LogP contribution >= 0.6 is 0 Å². The zero-order valence-electron chi connectivity index (χ0n) is 12.5. The lowest BCUT2D eigenvalue weighted by atomic mass is 10.0. The molecule has 0 radical (unpaired) electrons. The normalized spacial score (nSPS) is 10.4. The van der Waals surface area contributed by atoms with Crippen molar-refractivity contribution >= 4 is 5.78 Å². The van der Waals surface area contributed by atoms with Crippen LogP contribution < -0.4 is 4.74 Å². The Hall–Kier alpha value is -2.09. The molecule has 0 fully saturated rings. The lowest BCUT2D eigenvalue weighted by molar-refractivity contribution is 0.0921. The highest BCUT2D eigenvalue weighted by atomic mass is 16.5. The van der Waals surface area contributed by atoms with Gasteiger partial charge in [-0.25, -0.2) is 0 Å². The molecule has 2 nitrogen and oxygen atoms in total. The van der Waals surface area contributed by atoms with Gasteiger partial charge in [-0.15, -0.1) is 0 Å². The number of ketones is 1. The van der Waals surface area contributed by atoms with E-state index in [4.69, 9.17) is 4.74 Å². The molecule has 0 unspecified atom stereocenters. The van der Waals surface area contributed by atoms with Gasteiger partial charge in [-0.1, -0.05) is 24.3 Å². The highest BCUT2D eigenvalue weighted by Gasteiger charge is 2.09. The second kappa shape index (κ2) is 5.91. The molecule has 0 spiro atoms. The molecule has 2 aromatic rings. The van der Waals surface area contributed by atoms with E-state index in [1.54, 1.807) is 0 Å². The Kier molecular flexibility index (Phi) is 4.23. The van der Waals surface area contributed by atoms with Crippen molar-refractivity contribution in [3.8, 4) is 5.75 Å². The summed E-state index contributed by atoms with van der Waals surface area (Å²) in [6.45, 7) is 8.12. The summed E-state index contributed by atoms with van der Waals surface area (Å²) in [5.74, 6) is 0.788. The van der Waals surface area contributed by atoms with Crippen molar-refractivity contribution in [2.75, 3.05) is 6.61 Å². The molecule has 0 saturated carbocycles. The van der Waals surface area contributed by atoms with Crippen molar-refractivity contribution in [3.05, 3.63) is 64.2 Å². The van der Waals surface area contributed by atoms with Crippen LogP contribution in [0.25, 0.3) is 0 Å². The van der Waals surface area contributed by atoms with E-state index < -0.39 is 0 Å². The second-order valence-electron chi connectivity index (χ2n) is 5.28. The largest absolute Gasteiger partial charge is 0.485 e. The van der Waals surface area contributed by atoms with Crippen molar-refractivity contribution in [2.24, 2.45) is 0 Å². The van der Waals surface area contributed by atoms with Gasteiger partial charge >= 0.3 is 0 Å². The Morgan fingerprint density at radius 1 is 0.900 bits per heavy atom. The summed E-state index contributed by atoms with van der Waals surface area (Å²) in [6, 6.07) is 11.8. The van der Waals surface area contributed by atoms with E-state index in [9.17, 15) is 4.79 Å². The highest BCUT2D eigenvalue weighted by Crippen LogP contribution is 2.19. The first kappa shape index (κ1) is 14.3. The minimum absolute atomic E-state index is 0.00834. The topological polar surface area (TPSA) is 26.3 Å². The monoisotopic (exact) mass is 268 g/mol. The average molecular weight is 268 g/mol. The van der Waals surface area contributed by atoms with Crippen LogP contribution in [0.2, 0.25) is 0 Å². The van der Waals surface area contributed by atoms with E-state index in [0.717, 1.165) is 22.4 Å². The Morgan fingerprint density at radius 3 is 2.30 bits per heavy atom. The average Bonchev–Trinajstić information content (AvgIpc) is 2.42. The van der Waals surface area contributed by atoms with E-state index in [2.05, 4.69) is 0 Å². The molecule has 20 heavy (non-hydrogen) atoms. The number of carbonyl (C=O) groups excluding carboxylic acids is 1. The van der Waals surface area contributed by atoms with Crippen molar-refractivity contribution in [1.29, 1.82) is 0 Å². The number of aryl methyl sites for hydroxylation is 4. The predicted molar refractivity (Wildman–Crippen MR) is 81.7 cm³/mol.